The second-order valence-corrected chi connectivity index (χ2v) is 35.2. The van der Waals surface area contributed by atoms with Crippen LogP contribution in [0, 0.1) is 65.6 Å². The number of aliphatic imine (C=N–C) groups is 4. The van der Waals surface area contributed by atoms with Crippen LogP contribution in [0.2, 0.25) is 0 Å². The molecule has 4 heterocycles. The topological polar surface area (TPSA) is 314 Å². The Morgan fingerprint density at radius 1 is 0.418 bits per heavy atom. The fourth-order valence-corrected chi connectivity index (χ4v) is 19.4. The minimum Gasteiger partial charge on any atom is -0.388 e. The first-order valence-corrected chi connectivity index (χ1v) is 45.3. The summed E-state index contributed by atoms with van der Waals surface area (Å²) in [4.78, 5) is 77.6. The van der Waals surface area contributed by atoms with Crippen molar-refractivity contribution in [3.05, 3.63) is 308 Å². The number of halogens is 9. The van der Waals surface area contributed by atoms with E-state index in [-0.39, 0.29) is 79.2 Å². The lowest BCUT2D eigenvalue weighted by Gasteiger charge is -2.36. The molecule has 4 amide bonds. The molecule has 0 aliphatic carbocycles. The Bertz CT molecular complexity index is 5560. The Morgan fingerprint density at radius 2 is 0.687 bits per heavy atom. The van der Waals surface area contributed by atoms with Crippen LogP contribution in [-0.4, -0.2) is 160 Å². The van der Waals surface area contributed by atoms with Gasteiger partial charge in [0.15, 0.2) is 16.5 Å². The Balaban J connectivity index is 0.000000220. The SMILES string of the molecule is CONC(N)=NCC1(c2ccccc2)SC(c2cc(F)ccc2F)=NN1C(=O)C(C)C.CO[C@@H](C)C(=O)N1N=C(c2cc(F)ccc2F)S[C@]1(CCCN=C(C)N)c1ccccc1.Cl.[C-]#[N+]NC(CC)=NCCC[C@@]1(c2ccccc2)SC(c2cc(F)ccc2F)=NN1C(=O)[C@H](C)OC.[C-]#[N+]NC(CC)=NCCC[C@]1(c2ccccc2)SC(c2cc(F)ccc2F)=NN1C(=O)[C@H](C)OC. The number of hydroxylamine groups is 1. The third kappa shape index (κ3) is 26.5. The summed E-state index contributed by atoms with van der Waals surface area (Å²) in [7, 11) is 5.68. The van der Waals surface area contributed by atoms with E-state index in [9.17, 15) is 54.3 Å². The van der Waals surface area contributed by atoms with Crippen molar-refractivity contribution in [3.63, 3.8) is 0 Å². The molecular formula is C94H104ClF8N19O8S4. The van der Waals surface area contributed by atoms with Crippen LogP contribution < -0.4 is 27.8 Å². The van der Waals surface area contributed by atoms with Crippen LogP contribution in [0.1, 0.15) is 151 Å². The lowest BCUT2D eigenvalue weighted by molar-refractivity contribution is -0.145. The first kappa shape index (κ1) is 107. The summed E-state index contributed by atoms with van der Waals surface area (Å²) >= 11 is 4.76. The summed E-state index contributed by atoms with van der Waals surface area (Å²) in [5, 5.41) is 24.0. The average Bonchev–Trinajstić information content (AvgIpc) is 1.58. The number of amidine groups is 3. The van der Waals surface area contributed by atoms with Crippen LogP contribution in [0.5, 0.6) is 0 Å². The van der Waals surface area contributed by atoms with Crippen LogP contribution in [0.15, 0.2) is 234 Å². The van der Waals surface area contributed by atoms with Crippen molar-refractivity contribution in [2.45, 2.75) is 145 Å². The molecule has 8 aromatic carbocycles. The number of nitrogens with one attached hydrogen (secondary N) is 3. The average molecular weight is 1940 g/mol. The van der Waals surface area contributed by atoms with E-state index in [0.717, 1.165) is 101 Å². The number of amides is 4. The van der Waals surface area contributed by atoms with E-state index < -0.39 is 102 Å². The molecule has 4 aliphatic rings. The van der Waals surface area contributed by atoms with Gasteiger partial charge in [0, 0.05) is 82.0 Å². The Kier molecular flexibility index (Phi) is 40.7. The van der Waals surface area contributed by atoms with Crippen molar-refractivity contribution in [2.75, 3.05) is 54.6 Å². The molecule has 0 aromatic heterocycles. The van der Waals surface area contributed by atoms with Gasteiger partial charge < -0.3 is 25.7 Å². The number of hydrogen-bond acceptors (Lipinski definition) is 20. The lowest BCUT2D eigenvalue weighted by atomic mass is 9.99. The highest BCUT2D eigenvalue weighted by Crippen LogP contribution is 2.55. The van der Waals surface area contributed by atoms with Crippen LogP contribution in [0.4, 0.5) is 35.1 Å². The van der Waals surface area contributed by atoms with E-state index in [1.165, 1.54) is 83.8 Å². The predicted octanol–water partition coefficient (Wildman–Crippen LogP) is 18.0. The summed E-state index contributed by atoms with van der Waals surface area (Å²) in [5.74, 6) is -5.15. The van der Waals surface area contributed by atoms with Crippen molar-refractivity contribution in [3.8, 4) is 0 Å². The number of guanidine groups is 1. The lowest BCUT2D eigenvalue weighted by Crippen LogP contribution is -2.46. The number of hydrazone groups is 4. The highest BCUT2D eigenvalue weighted by Gasteiger charge is 2.54. The Hall–Kier alpha value is -12.1. The van der Waals surface area contributed by atoms with E-state index in [1.807, 2.05) is 135 Å². The van der Waals surface area contributed by atoms with Crippen LogP contribution in [0.3, 0.4) is 0 Å². The van der Waals surface area contributed by atoms with Crippen LogP contribution >= 0.6 is 59.5 Å². The minimum absolute atomic E-state index is 0. The van der Waals surface area contributed by atoms with E-state index in [4.69, 9.17) is 43.7 Å². The third-order valence-corrected chi connectivity index (χ3v) is 26.6. The zero-order valence-electron chi connectivity index (χ0n) is 75.5. The van der Waals surface area contributed by atoms with Crippen molar-refractivity contribution in [2.24, 2.45) is 57.8 Å². The molecule has 0 radical (unpaired) electrons. The number of methoxy groups -OCH3 is 3. The Morgan fingerprint density at radius 3 is 0.940 bits per heavy atom. The molecule has 8 aromatic rings. The normalized spacial score (nSPS) is 18.9. The summed E-state index contributed by atoms with van der Waals surface area (Å²) in [6.45, 7) is 29.1. The van der Waals surface area contributed by atoms with E-state index in [1.54, 1.807) is 41.5 Å². The number of ether oxygens (including phenoxy) is 3. The Labute approximate surface area is 796 Å². The number of thioether (sulfide) groups is 4. The van der Waals surface area contributed by atoms with Crippen molar-refractivity contribution in [1.29, 1.82) is 0 Å². The van der Waals surface area contributed by atoms with Gasteiger partial charge in [-0.1, -0.05) is 207 Å². The smallest absolute Gasteiger partial charge is 0.273 e. The molecule has 134 heavy (non-hydrogen) atoms. The molecule has 710 valence electrons. The first-order valence-electron chi connectivity index (χ1n) is 42.0. The van der Waals surface area contributed by atoms with Gasteiger partial charge in [0.05, 0.1) is 19.5 Å². The van der Waals surface area contributed by atoms with E-state index >= 15 is 0 Å². The van der Waals surface area contributed by atoms with Crippen molar-refractivity contribution in [1.82, 2.24) is 36.4 Å². The number of benzene rings is 8. The number of carbonyl (C=O) groups excluding carboxylic acids is 4. The number of rotatable bonds is 32. The number of carbonyl (C=O) groups is 4. The maximum Gasteiger partial charge on any atom is 0.273 e. The van der Waals surface area contributed by atoms with E-state index in [2.05, 4.69) is 66.6 Å². The highest BCUT2D eigenvalue weighted by molar-refractivity contribution is 8.16. The quantitative estimate of drug-likeness (QED) is 0.00653. The third-order valence-electron chi connectivity index (χ3n) is 20.9. The molecule has 0 fully saturated rings. The van der Waals surface area contributed by atoms with Crippen molar-refractivity contribution >= 4 is 127 Å². The van der Waals surface area contributed by atoms with Gasteiger partial charge in [-0.2, -0.15) is 43.5 Å². The summed E-state index contributed by atoms with van der Waals surface area (Å²) in [5.41, 5.74) is 22.1. The largest absolute Gasteiger partial charge is 0.388 e. The fraction of sp³-hybridized carbons (Fsp3) is 0.340. The fourth-order valence-electron chi connectivity index (χ4n) is 13.8. The second-order valence-electron chi connectivity index (χ2n) is 30.2. The standard InChI is InChI=1S/2C25H27F2N5O2S.C23H26F2N4O2S.C21H23F2N5O2S.ClH/c2*1-5-22(30-28-3)29-15-9-14-25(18-10-7-6-8-11-18)32(24(33)17(2)34-4)31-23(35-25)20-16-19(26)12-13-21(20)27;1-15(31-3)22(30)29-23(12-7-13-27-16(2)26,17-8-5-4-6-9-17)32-21(28-29)19-14-18(24)10-11-20(19)25;1-13(2)19(29)28-21(12-25-20(24)27-30-3,14-7-5-4-6-8-14)31-18(26-28)16-11-15(22)9-10-17(16)23;/h2*6-8,10-13,16-17H,5,9,14-15H2,1-2,4H3,(H,29,30);4-6,8-11,14-15H,7,12-13H2,1-3H3,(H2,26,27);4-11,13H,12H2,1-3H3,(H3,24,25,27);1H/t17-,25+;17-,25-;15-,23+;;/m000../s1. The monoisotopic (exact) mass is 1940 g/mol. The summed E-state index contributed by atoms with van der Waals surface area (Å²) < 4.78 is 130. The van der Waals surface area contributed by atoms with Gasteiger partial charge in [-0.25, -0.2) is 65.6 Å². The molecule has 40 heteroatoms. The summed E-state index contributed by atoms with van der Waals surface area (Å²) in [6, 6.07) is 49.8. The maximum absolute atomic E-state index is 14.7. The molecule has 0 saturated carbocycles. The van der Waals surface area contributed by atoms with Gasteiger partial charge in [0.25, 0.3) is 17.7 Å². The van der Waals surface area contributed by atoms with Crippen LogP contribution in [0.25, 0.3) is 9.91 Å². The van der Waals surface area contributed by atoms with Gasteiger partial charge >= 0.3 is 0 Å². The number of hydrogen-bond donors (Lipinski definition) is 5. The first-order chi connectivity index (χ1) is 63.8. The van der Waals surface area contributed by atoms with Gasteiger partial charge in [-0.15, -0.1) is 12.4 Å². The minimum atomic E-state index is -1.16. The molecule has 1 unspecified atom stereocenters. The van der Waals surface area contributed by atoms with Crippen molar-refractivity contribution < 1.29 is 73.3 Å². The predicted molar refractivity (Wildman–Crippen MR) is 514 cm³/mol. The van der Waals surface area contributed by atoms with Gasteiger partial charge in [0.2, 0.25) is 11.9 Å². The maximum atomic E-state index is 14.7. The molecule has 0 bridgehead atoms. The molecular weight excluding hydrogens is 1840 g/mol. The van der Waals surface area contributed by atoms with Gasteiger partial charge in [-0.3, -0.25) is 39.0 Å². The van der Waals surface area contributed by atoms with Gasteiger partial charge in [-0.05, 0) is 161 Å². The highest BCUT2D eigenvalue weighted by atomic mass is 35.5. The molecule has 0 saturated heterocycles. The molecule has 7 N–H and O–H groups in total. The molecule has 4 aliphatic heterocycles. The molecule has 0 spiro atoms. The molecule has 27 nitrogen and oxygen atoms in total. The summed E-state index contributed by atoms with van der Waals surface area (Å²) in [6.07, 6.45) is 1.79. The second kappa shape index (κ2) is 50.9. The van der Waals surface area contributed by atoms with Gasteiger partial charge in [0.1, 0.15) is 99.6 Å². The van der Waals surface area contributed by atoms with Crippen LogP contribution in [-0.2, 0) is 57.7 Å². The molecule has 7 atom stereocenters. The van der Waals surface area contributed by atoms with E-state index in [0.29, 0.717) is 94.1 Å². The number of nitrogens with zero attached hydrogens (tertiary/aromatic N) is 14. The zero-order valence-corrected chi connectivity index (χ0v) is 79.6. The number of nitrogens with two attached hydrogens (primary N) is 2. The zero-order chi connectivity index (χ0) is 96.7. The molecule has 12 rings (SSSR count).